The molecule has 0 aliphatic rings. The smallest absolute Gasteiger partial charge is 0.426 e. The van der Waals surface area contributed by atoms with E-state index in [4.69, 9.17) is 22.1 Å². The Labute approximate surface area is 128 Å². The Morgan fingerprint density at radius 1 is 1.29 bits per heavy atom. The fraction of sp³-hybridized carbons (Fsp3) is 0.600. The molecule has 2 atom stereocenters. The normalized spacial score (nSPS) is 15.1. The van der Waals surface area contributed by atoms with Crippen molar-refractivity contribution in [2.24, 2.45) is 5.73 Å². The van der Waals surface area contributed by atoms with Gasteiger partial charge in [-0.2, -0.15) is 13.2 Å². The van der Waals surface area contributed by atoms with Gasteiger partial charge in [-0.05, 0) is 42.5 Å². The maximum absolute atomic E-state index is 13.1. The highest BCUT2D eigenvalue weighted by molar-refractivity contribution is 6.31. The monoisotopic (exact) mass is 323 g/mol. The molecule has 0 aliphatic heterocycles. The van der Waals surface area contributed by atoms with Gasteiger partial charge in [-0.3, -0.25) is 0 Å². The highest BCUT2D eigenvalue weighted by Gasteiger charge is 2.45. The summed E-state index contributed by atoms with van der Waals surface area (Å²) in [7, 11) is 0. The number of alkyl halides is 3. The Bertz CT molecular complexity index is 489. The molecule has 0 spiro atoms. The van der Waals surface area contributed by atoms with E-state index in [0.717, 1.165) is 5.56 Å². The van der Waals surface area contributed by atoms with E-state index >= 15 is 0 Å². The summed E-state index contributed by atoms with van der Waals surface area (Å²) in [5, 5.41) is 0.526. The third-order valence-electron chi connectivity index (χ3n) is 3.35. The van der Waals surface area contributed by atoms with Gasteiger partial charge in [-0.25, -0.2) is 0 Å². The first-order chi connectivity index (χ1) is 9.57. The zero-order chi connectivity index (χ0) is 16.4. The molecule has 2 unspecified atom stereocenters. The lowest BCUT2D eigenvalue weighted by Gasteiger charge is -2.27. The van der Waals surface area contributed by atoms with Crippen LogP contribution in [0.25, 0.3) is 0 Å². The van der Waals surface area contributed by atoms with E-state index in [1.807, 2.05) is 13.8 Å². The van der Waals surface area contributed by atoms with Crippen LogP contribution in [0.1, 0.15) is 44.2 Å². The molecule has 0 aromatic heterocycles. The fourth-order valence-electron chi connectivity index (χ4n) is 1.99. The number of rotatable bonds is 5. The molecule has 21 heavy (non-hydrogen) atoms. The van der Waals surface area contributed by atoms with E-state index in [-0.39, 0.29) is 18.1 Å². The summed E-state index contributed by atoms with van der Waals surface area (Å²) >= 11 is 6.11. The van der Waals surface area contributed by atoms with Crippen molar-refractivity contribution in [3.05, 3.63) is 28.3 Å². The van der Waals surface area contributed by atoms with Crippen LogP contribution in [0, 0.1) is 6.92 Å². The number of aryl methyl sites for hydroxylation is 1. The van der Waals surface area contributed by atoms with Crippen LogP contribution in [0.3, 0.4) is 0 Å². The number of nitrogens with two attached hydrogens (primary N) is 1. The third-order valence-corrected chi connectivity index (χ3v) is 3.68. The Balaban J connectivity index is 3.18. The zero-order valence-electron chi connectivity index (χ0n) is 12.6. The van der Waals surface area contributed by atoms with Crippen molar-refractivity contribution in [1.82, 2.24) is 0 Å². The highest BCUT2D eigenvalue weighted by atomic mass is 35.5. The fourth-order valence-corrected chi connectivity index (χ4v) is 2.42. The van der Waals surface area contributed by atoms with Crippen LogP contribution in [-0.4, -0.2) is 18.3 Å². The van der Waals surface area contributed by atoms with Crippen LogP contribution in [0.4, 0.5) is 13.2 Å². The van der Waals surface area contributed by atoms with Crippen molar-refractivity contribution in [3.63, 3.8) is 0 Å². The SMILES string of the molecule is CCC(N)C(Oc1cc(C(C)C)c(Cl)cc1C)C(F)(F)F. The molecule has 1 rings (SSSR count). The molecule has 1 aromatic carbocycles. The molecule has 2 nitrogen and oxygen atoms in total. The summed E-state index contributed by atoms with van der Waals surface area (Å²) in [5.41, 5.74) is 6.87. The topological polar surface area (TPSA) is 35.2 Å². The van der Waals surface area contributed by atoms with Crippen LogP contribution in [0.15, 0.2) is 12.1 Å². The van der Waals surface area contributed by atoms with Crippen molar-refractivity contribution in [1.29, 1.82) is 0 Å². The van der Waals surface area contributed by atoms with E-state index in [1.54, 1.807) is 26.0 Å². The van der Waals surface area contributed by atoms with Crippen molar-refractivity contribution < 1.29 is 17.9 Å². The van der Waals surface area contributed by atoms with Crippen molar-refractivity contribution in [2.75, 3.05) is 0 Å². The lowest BCUT2D eigenvalue weighted by Crippen LogP contribution is -2.48. The Hall–Kier alpha value is -0.940. The molecule has 120 valence electrons. The minimum Gasteiger partial charge on any atom is -0.479 e. The van der Waals surface area contributed by atoms with Gasteiger partial charge >= 0.3 is 6.18 Å². The number of benzene rings is 1. The Morgan fingerprint density at radius 3 is 2.29 bits per heavy atom. The molecule has 1 aromatic rings. The van der Waals surface area contributed by atoms with Gasteiger partial charge in [0.15, 0.2) is 0 Å². The first kappa shape index (κ1) is 18.1. The van der Waals surface area contributed by atoms with Crippen LogP contribution < -0.4 is 10.5 Å². The van der Waals surface area contributed by atoms with Crippen LogP contribution in [0.5, 0.6) is 5.75 Å². The molecular weight excluding hydrogens is 303 g/mol. The predicted octanol–water partition coefficient (Wildman–Crippen LogP) is 4.82. The van der Waals surface area contributed by atoms with E-state index in [0.29, 0.717) is 10.6 Å². The summed E-state index contributed by atoms with van der Waals surface area (Å²) in [6.07, 6.45) is -6.37. The van der Waals surface area contributed by atoms with Gasteiger partial charge in [0.2, 0.25) is 6.10 Å². The number of ether oxygens (including phenoxy) is 1. The molecule has 0 bridgehead atoms. The summed E-state index contributed by atoms with van der Waals surface area (Å²) in [6.45, 7) is 7.09. The molecular formula is C15H21ClF3NO. The average Bonchev–Trinajstić information content (AvgIpc) is 2.35. The third kappa shape index (κ3) is 4.51. The van der Waals surface area contributed by atoms with Gasteiger partial charge in [-0.1, -0.05) is 32.4 Å². The van der Waals surface area contributed by atoms with Gasteiger partial charge in [0.05, 0.1) is 6.04 Å². The summed E-state index contributed by atoms with van der Waals surface area (Å²) in [4.78, 5) is 0. The van der Waals surface area contributed by atoms with Crippen molar-refractivity contribution >= 4 is 11.6 Å². The van der Waals surface area contributed by atoms with Crippen LogP contribution in [-0.2, 0) is 0 Å². The first-order valence-corrected chi connectivity index (χ1v) is 7.24. The molecule has 0 saturated heterocycles. The minimum atomic E-state index is -4.51. The zero-order valence-corrected chi connectivity index (χ0v) is 13.3. The van der Waals surface area contributed by atoms with Gasteiger partial charge in [-0.15, -0.1) is 0 Å². The Morgan fingerprint density at radius 2 is 1.86 bits per heavy atom. The van der Waals surface area contributed by atoms with Crippen molar-refractivity contribution in [2.45, 2.75) is 58.4 Å². The van der Waals surface area contributed by atoms with Gasteiger partial charge in [0, 0.05) is 5.02 Å². The number of hydrogen-bond donors (Lipinski definition) is 1. The summed E-state index contributed by atoms with van der Waals surface area (Å²) in [6, 6.07) is 2.09. The molecule has 0 heterocycles. The van der Waals surface area contributed by atoms with Gasteiger partial charge in [0.25, 0.3) is 0 Å². The maximum atomic E-state index is 13.1. The van der Waals surface area contributed by atoms with Crippen molar-refractivity contribution in [3.8, 4) is 5.75 Å². The standard InChI is InChI=1S/C15H21ClF3NO/c1-5-12(20)14(15(17,18)19)21-13-7-10(8(2)3)11(16)6-9(13)4/h6-8,12,14H,5,20H2,1-4H3. The number of halogens is 4. The van der Waals surface area contributed by atoms with Crippen LogP contribution in [0.2, 0.25) is 5.02 Å². The largest absolute Gasteiger partial charge is 0.479 e. The summed E-state index contributed by atoms with van der Waals surface area (Å²) in [5.74, 6) is 0.263. The lowest BCUT2D eigenvalue weighted by molar-refractivity contribution is -0.201. The second-order valence-electron chi connectivity index (χ2n) is 5.45. The average molecular weight is 324 g/mol. The molecule has 0 saturated carbocycles. The second kappa shape index (κ2) is 6.88. The predicted molar refractivity (Wildman–Crippen MR) is 79.0 cm³/mol. The van der Waals surface area contributed by atoms with E-state index in [2.05, 4.69) is 0 Å². The van der Waals surface area contributed by atoms with Crippen LogP contribution >= 0.6 is 11.6 Å². The second-order valence-corrected chi connectivity index (χ2v) is 5.85. The number of hydrogen-bond acceptors (Lipinski definition) is 2. The molecule has 0 amide bonds. The first-order valence-electron chi connectivity index (χ1n) is 6.86. The lowest BCUT2D eigenvalue weighted by atomic mass is 10.0. The molecule has 2 N–H and O–H groups in total. The summed E-state index contributed by atoms with van der Waals surface area (Å²) < 4.78 is 44.4. The minimum absolute atomic E-state index is 0.0876. The molecule has 0 fully saturated rings. The molecule has 0 aliphatic carbocycles. The molecule has 6 heteroatoms. The van der Waals surface area contributed by atoms with Gasteiger partial charge in [0.1, 0.15) is 5.75 Å². The molecule has 0 radical (unpaired) electrons. The van der Waals surface area contributed by atoms with E-state index < -0.39 is 18.3 Å². The van der Waals surface area contributed by atoms with Gasteiger partial charge < -0.3 is 10.5 Å². The quantitative estimate of drug-likeness (QED) is 0.843. The van der Waals surface area contributed by atoms with E-state index in [1.165, 1.54) is 0 Å². The highest BCUT2D eigenvalue weighted by Crippen LogP contribution is 2.34. The maximum Gasteiger partial charge on any atom is 0.426 e. The Kier molecular flexibility index (Phi) is 5.93. The van der Waals surface area contributed by atoms with E-state index in [9.17, 15) is 13.2 Å².